The van der Waals surface area contributed by atoms with Crippen molar-refractivity contribution in [1.29, 1.82) is 0 Å². The summed E-state index contributed by atoms with van der Waals surface area (Å²) < 4.78 is 0. The minimum Gasteiger partial charge on any atom is -0.481 e. The Kier molecular flexibility index (Phi) is 5.75. The number of carbonyl (C=O) groups is 3. The summed E-state index contributed by atoms with van der Waals surface area (Å²) in [5.41, 5.74) is 2.59. The fraction of sp³-hybridized carbons (Fsp3) is 0.526. The molecular weight excluding hydrogens is 306 g/mol. The summed E-state index contributed by atoms with van der Waals surface area (Å²) >= 11 is 0. The largest absolute Gasteiger partial charge is 0.481 e. The van der Waals surface area contributed by atoms with Crippen LogP contribution >= 0.6 is 0 Å². The molecule has 0 aromatic heterocycles. The molecule has 1 aliphatic rings. The van der Waals surface area contributed by atoms with Gasteiger partial charge in [-0.3, -0.25) is 14.4 Å². The second-order valence-corrected chi connectivity index (χ2v) is 6.75. The molecule has 0 radical (unpaired) electrons. The predicted octanol–water partition coefficient (Wildman–Crippen LogP) is 2.98. The van der Waals surface area contributed by atoms with Crippen LogP contribution in [-0.4, -0.2) is 40.3 Å². The molecule has 1 heterocycles. The van der Waals surface area contributed by atoms with Crippen molar-refractivity contribution in [3.63, 3.8) is 0 Å². The Balaban J connectivity index is 1.97. The van der Waals surface area contributed by atoms with Gasteiger partial charge in [-0.25, -0.2) is 0 Å². The van der Waals surface area contributed by atoms with Crippen LogP contribution in [0.25, 0.3) is 0 Å². The monoisotopic (exact) mass is 331 g/mol. The van der Waals surface area contributed by atoms with Gasteiger partial charge in [-0.2, -0.15) is 0 Å². The first-order valence-electron chi connectivity index (χ1n) is 8.42. The van der Waals surface area contributed by atoms with Gasteiger partial charge in [0, 0.05) is 31.0 Å². The lowest BCUT2D eigenvalue weighted by molar-refractivity contribution is -0.147. The molecule has 24 heavy (non-hydrogen) atoms. The lowest BCUT2D eigenvalue weighted by Crippen LogP contribution is -2.47. The highest BCUT2D eigenvalue weighted by Gasteiger charge is 2.32. The van der Waals surface area contributed by atoms with Crippen LogP contribution in [0.5, 0.6) is 0 Å². The van der Waals surface area contributed by atoms with Crippen molar-refractivity contribution in [1.82, 2.24) is 4.90 Å². The molecule has 0 saturated carbocycles. The number of likely N-dealkylation sites (tertiary alicyclic amines) is 1. The van der Waals surface area contributed by atoms with E-state index in [1.807, 2.05) is 39.0 Å². The van der Waals surface area contributed by atoms with Crippen molar-refractivity contribution in [2.45, 2.75) is 52.5 Å². The van der Waals surface area contributed by atoms with E-state index in [4.69, 9.17) is 5.11 Å². The minimum absolute atomic E-state index is 0.0314. The van der Waals surface area contributed by atoms with Crippen molar-refractivity contribution < 1.29 is 19.5 Å². The molecule has 130 valence electrons. The zero-order chi connectivity index (χ0) is 17.9. The highest BCUT2D eigenvalue weighted by atomic mass is 16.4. The number of rotatable bonds is 5. The number of ketones is 1. The summed E-state index contributed by atoms with van der Waals surface area (Å²) in [6.45, 7) is 6.00. The van der Waals surface area contributed by atoms with Gasteiger partial charge in [0.1, 0.15) is 0 Å². The molecule has 0 spiro atoms. The summed E-state index contributed by atoms with van der Waals surface area (Å²) in [4.78, 5) is 37.6. The molecule has 0 bridgehead atoms. The Bertz CT molecular complexity index is 653. The van der Waals surface area contributed by atoms with E-state index in [-0.39, 0.29) is 37.1 Å². The number of aryl methyl sites for hydroxylation is 2. The zero-order valence-electron chi connectivity index (χ0n) is 14.5. The van der Waals surface area contributed by atoms with E-state index < -0.39 is 11.9 Å². The van der Waals surface area contributed by atoms with Crippen molar-refractivity contribution in [2.75, 3.05) is 6.54 Å². The zero-order valence-corrected chi connectivity index (χ0v) is 14.5. The molecule has 1 fully saturated rings. The highest BCUT2D eigenvalue weighted by Crippen LogP contribution is 2.23. The average Bonchev–Trinajstić information content (AvgIpc) is 2.54. The van der Waals surface area contributed by atoms with E-state index in [1.165, 1.54) is 0 Å². The summed E-state index contributed by atoms with van der Waals surface area (Å²) in [6.07, 6.45) is 1.57. The van der Waals surface area contributed by atoms with E-state index in [0.29, 0.717) is 18.4 Å². The standard InChI is InChI=1S/C19H25NO4/c1-12-4-5-13(2)16(10-12)17(21)8-9-18(22)20-11-15(19(23)24)7-6-14(20)3/h4-5,10,14-15H,6-9,11H2,1-3H3,(H,23,24). The maximum atomic E-state index is 12.4. The first kappa shape index (κ1) is 18.2. The topological polar surface area (TPSA) is 74.7 Å². The quantitative estimate of drug-likeness (QED) is 0.842. The van der Waals surface area contributed by atoms with E-state index >= 15 is 0 Å². The van der Waals surface area contributed by atoms with Crippen molar-refractivity contribution in [3.8, 4) is 0 Å². The Morgan fingerprint density at radius 1 is 1.17 bits per heavy atom. The smallest absolute Gasteiger partial charge is 0.308 e. The first-order chi connectivity index (χ1) is 11.3. The van der Waals surface area contributed by atoms with E-state index in [2.05, 4.69) is 0 Å². The fourth-order valence-corrected chi connectivity index (χ4v) is 3.19. The molecule has 1 amide bonds. The van der Waals surface area contributed by atoms with Gasteiger partial charge < -0.3 is 10.0 Å². The van der Waals surface area contributed by atoms with E-state index in [0.717, 1.165) is 11.1 Å². The molecule has 2 atom stereocenters. The van der Waals surface area contributed by atoms with E-state index in [9.17, 15) is 14.4 Å². The number of carboxylic acids is 1. The van der Waals surface area contributed by atoms with Crippen LogP contribution in [0, 0.1) is 19.8 Å². The molecule has 0 aliphatic carbocycles. The van der Waals surface area contributed by atoms with Crippen LogP contribution in [0.2, 0.25) is 0 Å². The summed E-state index contributed by atoms with van der Waals surface area (Å²) in [6, 6.07) is 5.75. The molecule has 1 aromatic rings. The Hall–Kier alpha value is -2.17. The Labute approximate surface area is 142 Å². The van der Waals surface area contributed by atoms with Crippen LogP contribution in [0.4, 0.5) is 0 Å². The number of piperidine rings is 1. The van der Waals surface area contributed by atoms with Crippen LogP contribution < -0.4 is 0 Å². The molecule has 1 N–H and O–H groups in total. The van der Waals surface area contributed by atoms with Gasteiger partial charge in [0.2, 0.25) is 5.91 Å². The number of carbonyl (C=O) groups excluding carboxylic acids is 2. The van der Waals surface area contributed by atoms with Crippen molar-refractivity contribution in [3.05, 3.63) is 34.9 Å². The second kappa shape index (κ2) is 7.60. The second-order valence-electron chi connectivity index (χ2n) is 6.75. The number of nitrogens with zero attached hydrogens (tertiary/aromatic N) is 1. The van der Waals surface area contributed by atoms with Gasteiger partial charge >= 0.3 is 5.97 Å². The normalized spacial score (nSPS) is 20.7. The highest BCUT2D eigenvalue weighted by molar-refractivity contribution is 5.99. The molecule has 1 saturated heterocycles. The van der Waals surface area contributed by atoms with Crippen LogP contribution in [0.15, 0.2) is 18.2 Å². The number of hydrogen-bond acceptors (Lipinski definition) is 3. The Morgan fingerprint density at radius 2 is 1.88 bits per heavy atom. The van der Waals surface area contributed by atoms with Gasteiger partial charge in [-0.1, -0.05) is 17.7 Å². The molecule has 5 heteroatoms. The number of benzene rings is 1. The van der Waals surface area contributed by atoms with Gasteiger partial charge in [0.25, 0.3) is 0 Å². The molecule has 5 nitrogen and oxygen atoms in total. The number of hydrogen-bond donors (Lipinski definition) is 1. The summed E-state index contributed by atoms with van der Waals surface area (Å²) in [5, 5.41) is 9.16. The number of aliphatic carboxylic acids is 1. The summed E-state index contributed by atoms with van der Waals surface area (Å²) in [5.74, 6) is -1.53. The van der Waals surface area contributed by atoms with Gasteiger partial charge in [-0.05, 0) is 45.2 Å². The number of carboxylic acid groups (broad SMARTS) is 1. The molecule has 2 unspecified atom stereocenters. The van der Waals surface area contributed by atoms with Gasteiger partial charge in [0.15, 0.2) is 5.78 Å². The third kappa shape index (κ3) is 4.22. The lowest BCUT2D eigenvalue weighted by Gasteiger charge is -2.36. The molecule has 1 aromatic carbocycles. The van der Waals surface area contributed by atoms with Crippen molar-refractivity contribution >= 4 is 17.7 Å². The van der Waals surface area contributed by atoms with Gasteiger partial charge in [-0.15, -0.1) is 0 Å². The van der Waals surface area contributed by atoms with Crippen LogP contribution in [-0.2, 0) is 9.59 Å². The summed E-state index contributed by atoms with van der Waals surface area (Å²) in [7, 11) is 0. The molecular formula is C19H25NO4. The van der Waals surface area contributed by atoms with Crippen molar-refractivity contribution in [2.24, 2.45) is 5.92 Å². The van der Waals surface area contributed by atoms with Crippen LogP contribution in [0.1, 0.15) is 54.1 Å². The number of Topliss-reactive ketones (excluding diaryl/α,β-unsaturated/α-hetero) is 1. The van der Waals surface area contributed by atoms with E-state index in [1.54, 1.807) is 4.90 Å². The SMILES string of the molecule is Cc1ccc(C)c(C(=O)CCC(=O)N2CC(C(=O)O)CCC2C)c1. The average molecular weight is 331 g/mol. The molecule has 2 rings (SSSR count). The third-order valence-electron chi connectivity index (χ3n) is 4.81. The van der Waals surface area contributed by atoms with Crippen LogP contribution in [0.3, 0.4) is 0 Å². The van der Waals surface area contributed by atoms with Gasteiger partial charge in [0.05, 0.1) is 5.92 Å². The lowest BCUT2D eigenvalue weighted by atomic mass is 9.93. The fourth-order valence-electron chi connectivity index (χ4n) is 3.19. The first-order valence-corrected chi connectivity index (χ1v) is 8.42. The predicted molar refractivity (Wildman–Crippen MR) is 91.0 cm³/mol. The molecule has 1 aliphatic heterocycles. The number of amides is 1. The maximum absolute atomic E-state index is 12.4. The Morgan fingerprint density at radius 3 is 2.54 bits per heavy atom. The minimum atomic E-state index is -0.855. The third-order valence-corrected chi connectivity index (χ3v) is 4.81. The maximum Gasteiger partial charge on any atom is 0.308 e.